The molecule has 8 heteroatoms. The average Bonchev–Trinajstić information content (AvgIpc) is 3.03. The fraction of sp³-hybridized carbons (Fsp3) is 0.812. The van der Waals surface area contributed by atoms with E-state index < -0.39 is 29.7 Å². The van der Waals surface area contributed by atoms with Gasteiger partial charge < -0.3 is 15.2 Å². The third kappa shape index (κ3) is 2.88. The van der Waals surface area contributed by atoms with E-state index in [0.717, 1.165) is 12.8 Å². The minimum absolute atomic E-state index is 0.00119. The van der Waals surface area contributed by atoms with E-state index in [0.29, 0.717) is 18.8 Å². The van der Waals surface area contributed by atoms with Crippen molar-refractivity contribution in [1.82, 2.24) is 15.1 Å². The molecule has 3 rings (SSSR count). The highest BCUT2D eigenvalue weighted by atomic mass is 16.5. The number of esters is 1. The van der Waals surface area contributed by atoms with Crippen LogP contribution in [0, 0.1) is 5.92 Å². The van der Waals surface area contributed by atoms with Gasteiger partial charge in [-0.2, -0.15) is 0 Å². The molecule has 0 aromatic carbocycles. The molecule has 24 heavy (non-hydrogen) atoms. The van der Waals surface area contributed by atoms with Crippen molar-refractivity contribution in [3.05, 3.63) is 0 Å². The molecule has 3 aliphatic rings. The van der Waals surface area contributed by atoms with E-state index in [4.69, 9.17) is 4.74 Å². The maximum atomic E-state index is 12.9. The molecule has 134 valence electrons. The van der Waals surface area contributed by atoms with Gasteiger partial charge in [0, 0.05) is 13.0 Å². The quantitative estimate of drug-likeness (QED) is 0.557. The van der Waals surface area contributed by atoms with Crippen LogP contribution in [0.1, 0.15) is 39.0 Å². The Bertz CT molecular complexity index is 544. The van der Waals surface area contributed by atoms with Gasteiger partial charge >= 0.3 is 12.0 Å². The number of amides is 3. The SMILES string of the molecule is COC(=O)[C@@H]1C[C@H](O)CN1CN1C(=O)NC2(CCC(C)CC2)C1=O. The van der Waals surface area contributed by atoms with E-state index in [2.05, 4.69) is 12.2 Å². The molecule has 0 bridgehead atoms. The number of likely N-dealkylation sites (tertiary alicyclic amines) is 1. The lowest BCUT2D eigenvalue weighted by molar-refractivity contribution is -0.147. The predicted octanol–water partition coefficient (Wildman–Crippen LogP) is 0.0528. The number of aliphatic hydroxyl groups excluding tert-OH is 1. The largest absolute Gasteiger partial charge is 0.468 e. The molecule has 2 aliphatic heterocycles. The third-order valence-electron chi connectivity index (χ3n) is 5.55. The first-order chi connectivity index (χ1) is 11.4. The second-order valence-corrected chi connectivity index (χ2v) is 7.27. The third-order valence-corrected chi connectivity index (χ3v) is 5.55. The first-order valence-electron chi connectivity index (χ1n) is 8.50. The first-order valence-corrected chi connectivity index (χ1v) is 8.50. The van der Waals surface area contributed by atoms with Gasteiger partial charge in [-0.05, 0) is 31.6 Å². The number of nitrogens with one attached hydrogen (secondary N) is 1. The van der Waals surface area contributed by atoms with Gasteiger partial charge in [0.1, 0.15) is 11.6 Å². The normalized spacial score (nSPS) is 37.1. The topological polar surface area (TPSA) is 99.2 Å². The van der Waals surface area contributed by atoms with Gasteiger partial charge in [-0.25, -0.2) is 9.69 Å². The zero-order chi connectivity index (χ0) is 17.5. The van der Waals surface area contributed by atoms with Crippen LogP contribution < -0.4 is 5.32 Å². The Balaban J connectivity index is 1.72. The Labute approximate surface area is 141 Å². The smallest absolute Gasteiger partial charge is 0.326 e. The highest BCUT2D eigenvalue weighted by Crippen LogP contribution is 2.36. The summed E-state index contributed by atoms with van der Waals surface area (Å²) >= 11 is 0. The molecule has 3 amide bonds. The van der Waals surface area contributed by atoms with Crippen molar-refractivity contribution in [1.29, 1.82) is 0 Å². The van der Waals surface area contributed by atoms with Crippen molar-refractivity contribution >= 4 is 17.9 Å². The molecule has 0 radical (unpaired) electrons. The summed E-state index contributed by atoms with van der Waals surface area (Å²) in [6, 6.07) is -1.05. The lowest BCUT2D eigenvalue weighted by atomic mass is 9.77. The zero-order valence-corrected chi connectivity index (χ0v) is 14.2. The Morgan fingerprint density at radius 2 is 2.04 bits per heavy atom. The van der Waals surface area contributed by atoms with E-state index in [-0.39, 0.29) is 25.5 Å². The summed E-state index contributed by atoms with van der Waals surface area (Å²) in [5, 5.41) is 12.7. The van der Waals surface area contributed by atoms with Crippen LogP contribution in [-0.2, 0) is 14.3 Å². The number of hydrogen-bond donors (Lipinski definition) is 2. The van der Waals surface area contributed by atoms with Gasteiger partial charge in [-0.15, -0.1) is 0 Å². The van der Waals surface area contributed by atoms with E-state index in [1.807, 2.05) is 0 Å². The number of methoxy groups -OCH3 is 1. The number of imide groups is 1. The molecule has 1 spiro atoms. The Morgan fingerprint density at radius 1 is 1.38 bits per heavy atom. The Hall–Kier alpha value is -1.67. The number of nitrogens with zero attached hydrogens (tertiary/aromatic N) is 2. The molecular formula is C16H25N3O5. The number of β-amino-alcohol motifs (C(OH)–C–C–N with tert-alkyl or cyclic N) is 1. The van der Waals surface area contributed by atoms with Gasteiger partial charge in [0.15, 0.2) is 0 Å². The number of ether oxygens (including phenoxy) is 1. The molecule has 2 heterocycles. The van der Waals surface area contributed by atoms with Crippen molar-refractivity contribution in [3.8, 4) is 0 Å². The number of rotatable bonds is 3. The van der Waals surface area contributed by atoms with Crippen LogP contribution in [0.25, 0.3) is 0 Å². The van der Waals surface area contributed by atoms with Crippen LogP contribution in [0.3, 0.4) is 0 Å². The summed E-state index contributed by atoms with van der Waals surface area (Å²) in [5.74, 6) is -0.115. The zero-order valence-electron chi connectivity index (χ0n) is 14.2. The summed E-state index contributed by atoms with van der Waals surface area (Å²) in [5.41, 5.74) is -0.789. The fourth-order valence-electron chi connectivity index (χ4n) is 4.00. The lowest BCUT2D eigenvalue weighted by Crippen LogP contribution is -2.50. The number of urea groups is 1. The summed E-state index contributed by atoms with van der Waals surface area (Å²) in [6.07, 6.45) is 2.70. The van der Waals surface area contributed by atoms with Gasteiger partial charge in [-0.3, -0.25) is 14.5 Å². The van der Waals surface area contributed by atoms with Crippen LogP contribution in [0.4, 0.5) is 4.79 Å². The molecule has 2 saturated heterocycles. The monoisotopic (exact) mass is 339 g/mol. The standard InChI is InChI=1S/C16H25N3O5/c1-10-3-5-16(6-4-10)14(22)19(15(23)17-16)9-18-8-11(20)7-12(18)13(21)24-2/h10-12,20H,3-9H2,1-2H3,(H,17,23)/t10?,11-,12-,16?/m0/s1. The van der Waals surface area contributed by atoms with Gasteiger partial charge in [0.2, 0.25) is 0 Å². The van der Waals surface area contributed by atoms with Crippen molar-refractivity contribution in [2.75, 3.05) is 20.3 Å². The summed E-state index contributed by atoms with van der Waals surface area (Å²) in [6.45, 7) is 2.39. The molecule has 8 nitrogen and oxygen atoms in total. The highest BCUT2D eigenvalue weighted by Gasteiger charge is 2.53. The average molecular weight is 339 g/mol. The Kier molecular flexibility index (Phi) is 4.52. The van der Waals surface area contributed by atoms with Crippen LogP contribution in [0.5, 0.6) is 0 Å². The molecule has 2 N–H and O–H groups in total. The van der Waals surface area contributed by atoms with Crippen molar-refractivity contribution in [3.63, 3.8) is 0 Å². The van der Waals surface area contributed by atoms with Gasteiger partial charge in [0.05, 0.1) is 19.9 Å². The van der Waals surface area contributed by atoms with Crippen molar-refractivity contribution in [2.45, 2.75) is 56.7 Å². The van der Waals surface area contributed by atoms with Crippen LogP contribution >= 0.6 is 0 Å². The van der Waals surface area contributed by atoms with Crippen LogP contribution in [0.2, 0.25) is 0 Å². The molecule has 1 aliphatic carbocycles. The van der Waals surface area contributed by atoms with E-state index in [9.17, 15) is 19.5 Å². The van der Waals surface area contributed by atoms with Crippen LogP contribution in [0.15, 0.2) is 0 Å². The number of carbonyl (C=O) groups excluding carboxylic acids is 3. The molecule has 2 atom stereocenters. The molecule has 0 aromatic rings. The molecule has 3 fully saturated rings. The molecular weight excluding hydrogens is 314 g/mol. The second-order valence-electron chi connectivity index (χ2n) is 7.27. The second kappa shape index (κ2) is 6.33. The van der Waals surface area contributed by atoms with Crippen molar-refractivity contribution in [2.24, 2.45) is 5.92 Å². The fourth-order valence-corrected chi connectivity index (χ4v) is 4.00. The maximum Gasteiger partial charge on any atom is 0.326 e. The van der Waals surface area contributed by atoms with Crippen LogP contribution in [-0.4, -0.2) is 70.8 Å². The van der Waals surface area contributed by atoms with E-state index >= 15 is 0 Å². The highest BCUT2D eigenvalue weighted by molar-refractivity contribution is 6.07. The Morgan fingerprint density at radius 3 is 2.67 bits per heavy atom. The van der Waals surface area contributed by atoms with E-state index in [1.165, 1.54) is 12.0 Å². The number of aliphatic hydroxyl groups is 1. The maximum absolute atomic E-state index is 12.9. The van der Waals surface area contributed by atoms with Gasteiger partial charge in [-0.1, -0.05) is 6.92 Å². The summed E-state index contributed by atoms with van der Waals surface area (Å²) < 4.78 is 4.76. The molecule has 0 aromatic heterocycles. The first kappa shape index (κ1) is 17.2. The minimum Gasteiger partial charge on any atom is -0.468 e. The molecule has 1 saturated carbocycles. The van der Waals surface area contributed by atoms with E-state index in [1.54, 1.807) is 4.90 Å². The number of hydrogen-bond acceptors (Lipinski definition) is 6. The van der Waals surface area contributed by atoms with Gasteiger partial charge in [0.25, 0.3) is 5.91 Å². The molecule has 0 unspecified atom stereocenters. The lowest BCUT2D eigenvalue weighted by Gasteiger charge is -2.34. The minimum atomic E-state index is -0.789. The predicted molar refractivity (Wildman–Crippen MR) is 83.7 cm³/mol. The number of carbonyl (C=O) groups is 3. The summed E-state index contributed by atoms with van der Waals surface area (Å²) in [7, 11) is 1.29. The summed E-state index contributed by atoms with van der Waals surface area (Å²) in [4.78, 5) is 39.9. The van der Waals surface area contributed by atoms with Crippen molar-refractivity contribution < 1.29 is 24.2 Å².